The van der Waals surface area contributed by atoms with Crippen LogP contribution in [0.1, 0.15) is 43.7 Å². The van der Waals surface area contributed by atoms with Crippen molar-refractivity contribution in [1.82, 2.24) is 10.6 Å². The van der Waals surface area contributed by atoms with Crippen LogP contribution in [0, 0.1) is 0 Å². The smallest absolute Gasteiger partial charge is 0.411 e. The molecule has 0 aliphatic heterocycles. The number of carbonyl (C=O) groups excluding carboxylic acids is 2. The molecule has 0 aromatic heterocycles. The van der Waals surface area contributed by atoms with Crippen LogP contribution in [0.2, 0.25) is 0 Å². The van der Waals surface area contributed by atoms with Crippen molar-refractivity contribution >= 4 is 23.5 Å². The van der Waals surface area contributed by atoms with Crippen LogP contribution in [0.25, 0.3) is 5.57 Å². The number of hydrogen-bond donors (Lipinski definition) is 3. The first-order chi connectivity index (χ1) is 17.9. The molecule has 9 nitrogen and oxygen atoms in total. The molecule has 200 valence electrons. The Hall–Kier alpha value is -3.69. The number of hydrogen-bond acceptors (Lipinski definition) is 6. The van der Waals surface area contributed by atoms with Crippen LogP contribution in [-0.2, 0) is 23.8 Å². The Bertz CT molecular complexity index is 1040. The van der Waals surface area contributed by atoms with Crippen molar-refractivity contribution in [3.8, 4) is 0 Å². The first kappa shape index (κ1) is 29.5. The second kappa shape index (κ2) is 16.1. The highest BCUT2D eigenvalue weighted by atomic mass is 16.5. The molecule has 2 rings (SSSR count). The van der Waals surface area contributed by atoms with Crippen molar-refractivity contribution in [2.45, 2.75) is 32.6 Å². The zero-order chi connectivity index (χ0) is 27.0. The van der Waals surface area contributed by atoms with Gasteiger partial charge in [0, 0.05) is 19.1 Å². The number of rotatable bonds is 15. The Morgan fingerprint density at radius 3 is 2.62 bits per heavy atom. The summed E-state index contributed by atoms with van der Waals surface area (Å²) in [6, 6.07) is 7.89. The lowest BCUT2D eigenvalue weighted by molar-refractivity contribution is -0.133. The number of carboxylic acid groups (broad SMARTS) is 1. The fourth-order valence-electron chi connectivity index (χ4n) is 3.94. The van der Waals surface area contributed by atoms with Crippen molar-refractivity contribution < 1.29 is 33.7 Å². The van der Waals surface area contributed by atoms with Gasteiger partial charge in [0.1, 0.15) is 18.9 Å². The lowest BCUT2D eigenvalue weighted by Gasteiger charge is -2.15. The average Bonchev–Trinajstić information content (AvgIpc) is 3.18. The van der Waals surface area contributed by atoms with Gasteiger partial charge in [-0.15, -0.1) is 0 Å². The number of benzene rings is 1. The summed E-state index contributed by atoms with van der Waals surface area (Å²) < 4.78 is 15.7. The van der Waals surface area contributed by atoms with Crippen LogP contribution in [0.15, 0.2) is 66.4 Å². The number of carboxylic acids is 1. The van der Waals surface area contributed by atoms with Crippen molar-refractivity contribution in [2.24, 2.45) is 0 Å². The minimum Gasteiger partial charge on any atom is -0.477 e. The summed E-state index contributed by atoms with van der Waals surface area (Å²) in [4.78, 5) is 35.7. The largest absolute Gasteiger partial charge is 0.477 e. The van der Waals surface area contributed by atoms with Crippen molar-refractivity contribution in [1.29, 1.82) is 0 Å². The standard InChI is InChI=1S/C28H36N2O7/c1-4-11-21-20(5-2)22-12-7-8-13-23(22)24(21)18-37-28(34)30-25(27(32)33)14-9-10-15-29-26(31)19-36-17-16-35-6-3/h4-5,7-8,11-14,24H,1,6,9-10,15-19H2,2-3H3,(H,29,31)(H,30,34)(H,32,33)/b20-5+,21-11+,25-14+. The normalized spacial score (nSPS) is 16.9. The second-order valence-electron chi connectivity index (χ2n) is 8.09. The molecule has 3 N–H and O–H groups in total. The summed E-state index contributed by atoms with van der Waals surface area (Å²) in [7, 11) is 0. The summed E-state index contributed by atoms with van der Waals surface area (Å²) in [5, 5.41) is 14.4. The van der Waals surface area contributed by atoms with Gasteiger partial charge in [0.25, 0.3) is 0 Å². The molecule has 0 fully saturated rings. The summed E-state index contributed by atoms with van der Waals surface area (Å²) in [5.41, 5.74) is 3.87. The van der Waals surface area contributed by atoms with Gasteiger partial charge >= 0.3 is 12.1 Å². The maximum absolute atomic E-state index is 12.4. The molecule has 0 saturated heterocycles. The van der Waals surface area contributed by atoms with Gasteiger partial charge in [-0.3, -0.25) is 10.1 Å². The van der Waals surface area contributed by atoms with Gasteiger partial charge in [-0.25, -0.2) is 9.59 Å². The molecule has 1 aliphatic carbocycles. The Kier molecular flexibility index (Phi) is 12.9. The van der Waals surface area contributed by atoms with Crippen molar-refractivity contribution in [3.05, 3.63) is 77.5 Å². The van der Waals surface area contributed by atoms with Gasteiger partial charge in [0.2, 0.25) is 5.91 Å². The predicted octanol–water partition coefficient (Wildman–Crippen LogP) is 3.94. The molecule has 0 saturated carbocycles. The molecule has 1 aromatic carbocycles. The van der Waals surface area contributed by atoms with Gasteiger partial charge in [-0.1, -0.05) is 55.1 Å². The molecule has 1 unspecified atom stereocenters. The number of allylic oxidation sites excluding steroid dienone is 5. The molecule has 0 spiro atoms. The molecule has 0 bridgehead atoms. The monoisotopic (exact) mass is 512 g/mol. The first-order valence-corrected chi connectivity index (χ1v) is 12.3. The van der Waals surface area contributed by atoms with E-state index in [9.17, 15) is 19.5 Å². The molecular weight excluding hydrogens is 476 g/mol. The lowest BCUT2D eigenvalue weighted by Crippen LogP contribution is -2.30. The molecular formula is C28H36N2O7. The molecule has 1 aromatic rings. The molecule has 1 atom stereocenters. The third-order valence-corrected chi connectivity index (χ3v) is 5.61. The van der Waals surface area contributed by atoms with Crippen LogP contribution in [0.3, 0.4) is 0 Å². The van der Waals surface area contributed by atoms with E-state index in [4.69, 9.17) is 14.2 Å². The molecule has 2 amide bonds. The maximum Gasteiger partial charge on any atom is 0.411 e. The summed E-state index contributed by atoms with van der Waals surface area (Å²) in [6.45, 7) is 9.29. The number of ether oxygens (including phenoxy) is 3. The minimum atomic E-state index is -1.28. The van der Waals surface area contributed by atoms with E-state index in [-0.39, 0.29) is 30.7 Å². The topological polar surface area (TPSA) is 123 Å². The SMILES string of the molecule is C=C/C=C1\C(=C/C)c2ccccc2C1COC(=O)N/C(=C/CCCNC(=O)COCCOCC)C(=O)O. The van der Waals surface area contributed by atoms with Gasteiger partial charge in [0.15, 0.2) is 0 Å². The Labute approximate surface area is 217 Å². The van der Waals surface area contributed by atoms with Crippen LogP contribution < -0.4 is 10.6 Å². The summed E-state index contributed by atoms with van der Waals surface area (Å²) >= 11 is 0. The van der Waals surface area contributed by atoms with E-state index >= 15 is 0 Å². The van der Waals surface area contributed by atoms with E-state index in [0.717, 1.165) is 22.3 Å². The quantitative estimate of drug-likeness (QED) is 0.240. The fraction of sp³-hybridized carbons (Fsp3) is 0.393. The van der Waals surface area contributed by atoms with Gasteiger partial charge in [0.05, 0.1) is 13.2 Å². The second-order valence-corrected chi connectivity index (χ2v) is 8.09. The summed E-state index contributed by atoms with van der Waals surface area (Å²) in [6.07, 6.45) is 6.96. The van der Waals surface area contributed by atoms with E-state index in [0.29, 0.717) is 39.2 Å². The fourth-order valence-corrected chi connectivity index (χ4v) is 3.94. The van der Waals surface area contributed by atoms with Crippen LogP contribution in [0.4, 0.5) is 4.79 Å². The number of carbonyl (C=O) groups is 3. The lowest BCUT2D eigenvalue weighted by atomic mass is 9.97. The van der Waals surface area contributed by atoms with Crippen LogP contribution >= 0.6 is 0 Å². The highest BCUT2D eigenvalue weighted by molar-refractivity contribution is 5.91. The van der Waals surface area contributed by atoms with E-state index in [1.54, 1.807) is 6.08 Å². The van der Waals surface area contributed by atoms with Crippen LogP contribution in [0.5, 0.6) is 0 Å². The Morgan fingerprint density at radius 1 is 1.16 bits per heavy atom. The predicted molar refractivity (Wildman–Crippen MR) is 141 cm³/mol. The average molecular weight is 513 g/mol. The molecule has 0 radical (unpaired) electrons. The zero-order valence-electron chi connectivity index (χ0n) is 21.5. The number of nitrogens with one attached hydrogen (secondary N) is 2. The number of fused-ring (bicyclic) bond motifs is 1. The number of unbranched alkanes of at least 4 members (excludes halogenated alkanes) is 1. The van der Waals surface area contributed by atoms with Gasteiger partial charge in [-0.05, 0) is 49.0 Å². The summed E-state index contributed by atoms with van der Waals surface area (Å²) in [5.74, 6) is -1.73. The van der Waals surface area contributed by atoms with Crippen LogP contribution in [-0.4, -0.2) is 62.7 Å². The van der Waals surface area contributed by atoms with E-state index < -0.39 is 12.1 Å². The minimum absolute atomic E-state index is 0.0471. The van der Waals surface area contributed by atoms with E-state index in [1.807, 2.05) is 50.3 Å². The number of amides is 2. The Morgan fingerprint density at radius 2 is 1.92 bits per heavy atom. The molecule has 9 heteroatoms. The maximum atomic E-state index is 12.4. The van der Waals surface area contributed by atoms with Gasteiger partial charge < -0.3 is 24.6 Å². The first-order valence-electron chi connectivity index (χ1n) is 12.3. The highest BCUT2D eigenvalue weighted by Crippen LogP contribution is 2.45. The third kappa shape index (κ3) is 9.36. The molecule has 1 aliphatic rings. The number of aliphatic carboxylic acids is 1. The number of alkyl carbamates (subject to hydrolysis) is 1. The third-order valence-electron chi connectivity index (χ3n) is 5.61. The van der Waals surface area contributed by atoms with E-state index in [1.165, 1.54) is 6.08 Å². The van der Waals surface area contributed by atoms with E-state index in [2.05, 4.69) is 17.2 Å². The molecule has 37 heavy (non-hydrogen) atoms. The Balaban J connectivity index is 1.83. The molecule has 0 heterocycles. The van der Waals surface area contributed by atoms with Crippen molar-refractivity contribution in [2.75, 3.05) is 39.6 Å². The van der Waals surface area contributed by atoms with Gasteiger partial charge in [-0.2, -0.15) is 0 Å². The highest BCUT2D eigenvalue weighted by Gasteiger charge is 2.31. The zero-order valence-corrected chi connectivity index (χ0v) is 21.5. The van der Waals surface area contributed by atoms with Crippen molar-refractivity contribution in [3.63, 3.8) is 0 Å².